The number of hydrogen-bond donors (Lipinski definition) is 2. The molecule has 0 aliphatic carbocycles. The third kappa shape index (κ3) is 3.45. The van der Waals surface area contributed by atoms with Crippen molar-refractivity contribution in [2.45, 2.75) is 22.8 Å². The summed E-state index contributed by atoms with van der Waals surface area (Å²) < 4.78 is 118. The molecule has 0 radical (unpaired) electrons. The molecule has 0 saturated carbocycles. The number of sulfonamides is 1. The van der Waals surface area contributed by atoms with E-state index in [1.165, 1.54) is 0 Å². The molecule has 30 heavy (non-hydrogen) atoms. The van der Waals surface area contributed by atoms with Crippen molar-refractivity contribution in [3.63, 3.8) is 0 Å². The largest absolute Gasteiger partial charge is 0.430 e. The van der Waals surface area contributed by atoms with Crippen LogP contribution in [0.2, 0.25) is 0 Å². The van der Waals surface area contributed by atoms with Crippen LogP contribution in [-0.4, -0.2) is 39.0 Å². The van der Waals surface area contributed by atoms with Crippen LogP contribution >= 0.6 is 0 Å². The summed E-state index contributed by atoms with van der Waals surface area (Å²) in [5.74, 6) is -0.696. The Morgan fingerprint density at radius 1 is 0.933 bits per heavy atom. The zero-order valence-corrected chi connectivity index (χ0v) is 15.5. The van der Waals surface area contributed by atoms with Crippen molar-refractivity contribution < 1.29 is 44.3 Å². The van der Waals surface area contributed by atoms with Crippen LogP contribution in [0.5, 0.6) is 0 Å². The first kappa shape index (κ1) is 22.2. The van der Waals surface area contributed by atoms with E-state index in [4.69, 9.17) is 0 Å². The molecular formula is C17H13F7N2O3S. The average molecular weight is 458 g/mol. The highest BCUT2D eigenvalue weighted by atomic mass is 32.2. The van der Waals surface area contributed by atoms with E-state index in [1.807, 2.05) is 0 Å². The topological polar surface area (TPSA) is 69.6 Å². The van der Waals surface area contributed by atoms with Gasteiger partial charge in [0.25, 0.3) is 15.6 Å². The predicted molar refractivity (Wildman–Crippen MR) is 91.9 cm³/mol. The van der Waals surface area contributed by atoms with Gasteiger partial charge in [-0.2, -0.15) is 26.3 Å². The van der Waals surface area contributed by atoms with Gasteiger partial charge in [-0.3, -0.25) is 4.31 Å². The number of fused-ring (bicyclic) bond motifs is 1. The van der Waals surface area contributed by atoms with Gasteiger partial charge < -0.3 is 10.4 Å². The minimum Gasteiger partial charge on any atom is -0.382 e. The molecule has 0 amide bonds. The molecule has 1 aliphatic rings. The Balaban J connectivity index is 2.10. The number of rotatable bonds is 3. The molecule has 0 aromatic heterocycles. The van der Waals surface area contributed by atoms with E-state index in [1.54, 1.807) is 0 Å². The van der Waals surface area contributed by atoms with Gasteiger partial charge in [-0.25, -0.2) is 12.8 Å². The Labute approximate surface area is 165 Å². The molecule has 3 rings (SSSR count). The van der Waals surface area contributed by atoms with E-state index >= 15 is 0 Å². The fraction of sp³-hybridized carbons (Fsp3) is 0.294. The van der Waals surface area contributed by atoms with Crippen LogP contribution in [0, 0.1) is 5.82 Å². The van der Waals surface area contributed by atoms with Crippen molar-refractivity contribution in [3.8, 4) is 0 Å². The maximum Gasteiger partial charge on any atom is 0.430 e. The van der Waals surface area contributed by atoms with E-state index < -0.39 is 39.4 Å². The zero-order valence-electron chi connectivity index (χ0n) is 14.7. The molecular weight excluding hydrogens is 445 g/mol. The standard InChI is InChI=1S/C17H13F7N2O3S/c18-11-2-4-12(5-3-11)30(28,29)26-8-7-25-13-9-10(1-6-14(13)26)15(27,16(19,20)21)17(22,23)24/h1-6,9,25,27H,7-8H2. The summed E-state index contributed by atoms with van der Waals surface area (Å²) >= 11 is 0. The number of benzene rings is 2. The van der Waals surface area contributed by atoms with E-state index in [0.29, 0.717) is 12.1 Å². The van der Waals surface area contributed by atoms with Gasteiger partial charge in [0.05, 0.1) is 22.8 Å². The molecule has 0 unspecified atom stereocenters. The minimum atomic E-state index is -6.08. The van der Waals surface area contributed by atoms with Crippen LogP contribution in [-0.2, 0) is 15.6 Å². The van der Waals surface area contributed by atoms with Crippen molar-refractivity contribution in [1.29, 1.82) is 0 Å². The maximum absolute atomic E-state index is 13.1. The van der Waals surface area contributed by atoms with Gasteiger partial charge in [0.15, 0.2) is 0 Å². The Bertz CT molecular complexity index is 1040. The van der Waals surface area contributed by atoms with Crippen LogP contribution in [0.15, 0.2) is 47.4 Å². The first-order chi connectivity index (χ1) is 13.7. The van der Waals surface area contributed by atoms with Crippen molar-refractivity contribution in [2.75, 3.05) is 22.7 Å². The monoisotopic (exact) mass is 458 g/mol. The van der Waals surface area contributed by atoms with E-state index in [9.17, 15) is 44.3 Å². The predicted octanol–water partition coefficient (Wildman–Crippen LogP) is 3.76. The molecule has 0 spiro atoms. The lowest BCUT2D eigenvalue weighted by molar-refractivity contribution is -0.376. The summed E-state index contributed by atoms with van der Waals surface area (Å²) in [4.78, 5) is -0.317. The summed E-state index contributed by atoms with van der Waals surface area (Å²) in [7, 11) is -4.28. The zero-order chi connectivity index (χ0) is 22.5. The second-order valence-corrected chi connectivity index (χ2v) is 8.26. The van der Waals surface area contributed by atoms with Gasteiger partial charge in [0, 0.05) is 12.1 Å². The maximum atomic E-state index is 13.1. The highest BCUT2D eigenvalue weighted by Crippen LogP contribution is 2.51. The fourth-order valence-corrected chi connectivity index (χ4v) is 4.49. The molecule has 13 heteroatoms. The van der Waals surface area contributed by atoms with E-state index in [-0.39, 0.29) is 29.4 Å². The summed E-state index contributed by atoms with van der Waals surface area (Å²) in [6.45, 7) is -0.317. The quantitative estimate of drug-likeness (QED) is 0.688. The van der Waals surface area contributed by atoms with Gasteiger partial charge >= 0.3 is 12.4 Å². The molecule has 1 heterocycles. The fourth-order valence-electron chi connectivity index (χ4n) is 3.00. The second-order valence-electron chi connectivity index (χ2n) is 6.40. The number of nitrogens with one attached hydrogen (secondary N) is 1. The van der Waals surface area contributed by atoms with Gasteiger partial charge in [0.1, 0.15) is 5.82 Å². The smallest absolute Gasteiger partial charge is 0.382 e. The van der Waals surface area contributed by atoms with E-state index in [2.05, 4.69) is 5.32 Å². The van der Waals surface area contributed by atoms with Gasteiger partial charge in [-0.1, -0.05) is 6.07 Å². The number of nitrogens with zero attached hydrogens (tertiary/aromatic N) is 1. The average Bonchev–Trinajstić information content (AvgIpc) is 2.65. The number of anilines is 2. The Hall–Kier alpha value is -2.54. The molecule has 2 N–H and O–H groups in total. The highest BCUT2D eigenvalue weighted by molar-refractivity contribution is 7.92. The molecule has 0 atom stereocenters. The van der Waals surface area contributed by atoms with Gasteiger partial charge in [-0.05, 0) is 36.4 Å². The Morgan fingerprint density at radius 2 is 1.50 bits per heavy atom. The van der Waals surface area contributed by atoms with Crippen molar-refractivity contribution >= 4 is 21.4 Å². The molecule has 5 nitrogen and oxygen atoms in total. The van der Waals surface area contributed by atoms with Gasteiger partial charge in [0.2, 0.25) is 0 Å². The lowest BCUT2D eigenvalue weighted by Gasteiger charge is -2.35. The van der Waals surface area contributed by atoms with Crippen molar-refractivity contribution in [1.82, 2.24) is 0 Å². The van der Waals surface area contributed by atoms with Crippen LogP contribution in [0.3, 0.4) is 0 Å². The van der Waals surface area contributed by atoms with Crippen LogP contribution in [0.1, 0.15) is 5.56 Å². The van der Waals surface area contributed by atoms with Crippen molar-refractivity contribution in [3.05, 3.63) is 53.8 Å². The molecule has 164 valence electrons. The number of hydrogen-bond acceptors (Lipinski definition) is 4. The van der Waals surface area contributed by atoms with Crippen LogP contribution in [0.25, 0.3) is 0 Å². The SMILES string of the molecule is O=S(=O)(c1ccc(F)cc1)N1CCNc2cc(C(O)(C(F)(F)F)C(F)(F)F)ccc21. The molecule has 1 aliphatic heterocycles. The first-order valence-corrected chi connectivity index (χ1v) is 9.66. The summed E-state index contributed by atoms with van der Waals surface area (Å²) in [5, 5.41) is 12.1. The van der Waals surface area contributed by atoms with Crippen molar-refractivity contribution in [2.24, 2.45) is 0 Å². The molecule has 2 aromatic rings. The number of aliphatic hydroxyl groups is 1. The molecule has 0 bridgehead atoms. The second kappa shape index (κ2) is 7.01. The summed E-state index contributed by atoms with van der Waals surface area (Å²) in [5.41, 5.74) is -7.23. The molecule has 0 fully saturated rings. The van der Waals surface area contributed by atoms with E-state index in [0.717, 1.165) is 34.6 Å². The lowest BCUT2D eigenvalue weighted by Crippen LogP contribution is -2.54. The number of halogens is 7. The van der Waals surface area contributed by atoms with Crippen LogP contribution < -0.4 is 9.62 Å². The third-order valence-corrected chi connectivity index (χ3v) is 6.36. The molecule has 2 aromatic carbocycles. The molecule has 0 saturated heterocycles. The summed E-state index contributed by atoms with van der Waals surface area (Å²) in [6, 6.07) is 5.25. The first-order valence-electron chi connectivity index (χ1n) is 8.22. The minimum absolute atomic E-state index is 0.132. The highest BCUT2D eigenvalue weighted by Gasteiger charge is 2.71. The Morgan fingerprint density at radius 3 is 2.03 bits per heavy atom. The number of alkyl halides is 6. The Kier molecular flexibility index (Phi) is 5.18. The summed E-state index contributed by atoms with van der Waals surface area (Å²) in [6.07, 6.45) is -12.2. The van der Waals surface area contributed by atoms with Gasteiger partial charge in [-0.15, -0.1) is 0 Å². The lowest BCUT2D eigenvalue weighted by atomic mass is 9.91. The third-order valence-electron chi connectivity index (χ3n) is 4.54. The van der Waals surface area contributed by atoms with Crippen LogP contribution in [0.4, 0.5) is 42.1 Å². The normalized spacial score (nSPS) is 15.5.